The molecule has 4 aromatic rings. The number of aryl methyl sites for hydroxylation is 1. The van der Waals surface area contributed by atoms with Crippen molar-refractivity contribution in [2.24, 2.45) is 4.99 Å². The highest BCUT2D eigenvalue weighted by Gasteiger charge is 2.40. The van der Waals surface area contributed by atoms with Crippen molar-refractivity contribution in [2.75, 3.05) is 13.1 Å². The van der Waals surface area contributed by atoms with E-state index in [1.807, 2.05) is 56.9 Å². The number of aromatic nitrogens is 4. The van der Waals surface area contributed by atoms with Gasteiger partial charge in [-0.3, -0.25) is 4.99 Å². The first kappa shape index (κ1) is 31.2. The fraction of sp³-hybridized carbons (Fsp3) is 0.387. The summed E-state index contributed by atoms with van der Waals surface area (Å²) < 4.78 is 48.0. The van der Waals surface area contributed by atoms with Gasteiger partial charge in [0.25, 0.3) is 0 Å². The number of benzene rings is 2. The van der Waals surface area contributed by atoms with Gasteiger partial charge in [-0.15, -0.1) is 21.5 Å². The molecule has 0 unspecified atom stereocenters. The lowest BCUT2D eigenvalue weighted by molar-refractivity contribution is -0.160. The van der Waals surface area contributed by atoms with E-state index < -0.39 is 29.7 Å². The van der Waals surface area contributed by atoms with Crippen molar-refractivity contribution in [1.29, 1.82) is 0 Å². The number of hydrogen-bond donors (Lipinski definition) is 1. The Hall–Kier alpha value is -3.81. The maximum atomic E-state index is 13.3. The Morgan fingerprint density at radius 2 is 1.87 bits per heavy atom. The van der Waals surface area contributed by atoms with Crippen molar-refractivity contribution < 1.29 is 27.8 Å². The first-order valence-electron chi connectivity index (χ1n) is 14.3. The second-order valence-electron chi connectivity index (χ2n) is 12.0. The number of aliphatic carboxylic acids is 1. The second-order valence-corrected chi connectivity index (χ2v) is 13.4. The number of alkyl halides is 3. The van der Waals surface area contributed by atoms with Gasteiger partial charge in [-0.05, 0) is 75.1 Å². The van der Waals surface area contributed by atoms with E-state index in [4.69, 9.17) is 21.3 Å². The second kappa shape index (κ2) is 11.5. The van der Waals surface area contributed by atoms with E-state index in [1.165, 1.54) is 11.3 Å². The Kier molecular flexibility index (Phi) is 7.99. The Morgan fingerprint density at radius 3 is 2.53 bits per heavy atom. The molecule has 236 valence electrons. The van der Waals surface area contributed by atoms with Crippen molar-refractivity contribution in [1.82, 2.24) is 24.6 Å². The molecule has 0 fully saturated rings. The molecule has 0 bridgehead atoms. The van der Waals surface area contributed by atoms with Gasteiger partial charge in [-0.25, -0.2) is 9.78 Å². The number of dihydropyridines is 1. The molecule has 2 aromatic carbocycles. The molecule has 0 spiro atoms. The summed E-state index contributed by atoms with van der Waals surface area (Å²) in [6, 6.07) is 9.14. The lowest BCUT2D eigenvalue weighted by Gasteiger charge is -2.31. The van der Waals surface area contributed by atoms with Gasteiger partial charge in [0.15, 0.2) is 11.9 Å². The third kappa shape index (κ3) is 6.21. The molecule has 14 heteroatoms. The van der Waals surface area contributed by atoms with Gasteiger partial charge in [0, 0.05) is 35.8 Å². The zero-order valence-electron chi connectivity index (χ0n) is 24.9. The van der Waals surface area contributed by atoms with E-state index in [9.17, 15) is 23.1 Å². The summed E-state index contributed by atoms with van der Waals surface area (Å²) in [5, 5.41) is 18.8. The number of carbonyl (C=O) groups is 1. The zero-order valence-corrected chi connectivity index (χ0v) is 26.5. The summed E-state index contributed by atoms with van der Waals surface area (Å²) in [5.74, 6) is -1.20. The van der Waals surface area contributed by atoms with E-state index in [0.29, 0.717) is 35.9 Å². The van der Waals surface area contributed by atoms with Crippen LogP contribution in [0, 0.1) is 6.92 Å². The number of fused-ring (bicyclic) bond motifs is 2. The molecule has 0 saturated heterocycles. The number of thiazole rings is 1. The molecule has 2 aliphatic heterocycles. The highest BCUT2D eigenvalue weighted by Crippen LogP contribution is 2.44. The first-order chi connectivity index (χ1) is 21.2. The maximum Gasteiger partial charge on any atom is 0.451 e. The Labute approximate surface area is 266 Å². The van der Waals surface area contributed by atoms with Crippen LogP contribution in [-0.2, 0) is 28.8 Å². The summed E-state index contributed by atoms with van der Waals surface area (Å²) in [7, 11) is 0. The molecule has 6 rings (SSSR count). The number of hydrogen-bond acceptors (Lipinski definition) is 8. The number of ether oxygens (including phenoxy) is 1. The van der Waals surface area contributed by atoms with Crippen LogP contribution < -0.4 is 0 Å². The number of carboxylic acids is 1. The normalized spacial score (nSPS) is 16.4. The number of nitrogens with zero attached hydrogens (tertiary/aromatic N) is 6. The molecule has 2 aliphatic rings. The van der Waals surface area contributed by atoms with Crippen molar-refractivity contribution in [3.63, 3.8) is 0 Å². The van der Waals surface area contributed by atoms with E-state index in [2.05, 4.69) is 15.2 Å². The van der Waals surface area contributed by atoms with Gasteiger partial charge in [0.1, 0.15) is 10.8 Å². The molecular weight excluding hydrogens is 629 g/mol. The minimum Gasteiger partial charge on any atom is -0.479 e. The molecule has 1 N–H and O–H groups in total. The van der Waals surface area contributed by atoms with E-state index in [-0.39, 0.29) is 18.9 Å². The standard InChI is InChI=1S/C31H30ClF3N6O3S/c1-16-13-20-26(24(17-5-7-19(32)8-6-17)23(16)25(28(42)43)44-30(2,3)4)45-27(37-20)18-9-10-36-21(14-18)40-11-12-41-22(15-40)38-39-29(41)31(33,34)35/h5-8,13-14,25H,9-12,15H2,1-4H3,(H,42,43)/t25-/m0/s1. The summed E-state index contributed by atoms with van der Waals surface area (Å²) in [6.45, 7) is 8.37. The van der Waals surface area contributed by atoms with E-state index in [1.54, 1.807) is 12.1 Å². The highest BCUT2D eigenvalue weighted by molar-refractivity contribution is 7.20. The molecule has 0 aliphatic carbocycles. The first-order valence-corrected chi connectivity index (χ1v) is 15.5. The largest absolute Gasteiger partial charge is 0.479 e. The molecule has 9 nitrogen and oxygen atoms in total. The topological polar surface area (TPSA) is 106 Å². The lowest BCUT2D eigenvalue weighted by Crippen LogP contribution is -2.39. The van der Waals surface area contributed by atoms with Gasteiger partial charge in [-0.2, -0.15) is 13.2 Å². The molecule has 2 aromatic heterocycles. The van der Waals surface area contributed by atoms with E-state index >= 15 is 0 Å². The van der Waals surface area contributed by atoms with Crippen LogP contribution in [0.3, 0.4) is 0 Å². The lowest BCUT2D eigenvalue weighted by atomic mass is 9.91. The van der Waals surface area contributed by atoms with Crippen molar-refractivity contribution in [2.45, 2.75) is 65.1 Å². The summed E-state index contributed by atoms with van der Waals surface area (Å²) in [5.41, 5.74) is 3.73. The van der Waals surface area contributed by atoms with E-state index in [0.717, 1.165) is 42.1 Å². The minimum atomic E-state index is -4.57. The Bertz CT molecular complexity index is 1860. The van der Waals surface area contributed by atoms with Gasteiger partial charge >= 0.3 is 12.1 Å². The molecular formula is C31H30ClF3N6O3S. The van der Waals surface area contributed by atoms with Crippen LogP contribution in [0.4, 0.5) is 13.2 Å². The number of rotatable bonds is 5. The zero-order chi connectivity index (χ0) is 32.3. The SMILES string of the molecule is Cc1cc2nc(C3=CC(N4CCn5c(nnc5C(F)(F)F)C4)=NCC3)sc2c(-c2ccc(Cl)cc2)c1[C@H](OC(C)(C)C)C(=O)O. The molecule has 0 amide bonds. The van der Waals surface area contributed by atoms with Crippen molar-refractivity contribution in [3.05, 3.63) is 69.2 Å². The Balaban J connectivity index is 1.41. The molecule has 0 saturated carbocycles. The fourth-order valence-electron chi connectivity index (χ4n) is 5.66. The van der Waals surface area contributed by atoms with Crippen LogP contribution in [0.1, 0.15) is 61.1 Å². The molecule has 1 atom stereocenters. The average molecular weight is 659 g/mol. The molecule has 0 radical (unpaired) electrons. The van der Waals surface area contributed by atoms with Gasteiger partial charge < -0.3 is 19.3 Å². The summed E-state index contributed by atoms with van der Waals surface area (Å²) >= 11 is 7.67. The van der Waals surface area contributed by atoms with Crippen LogP contribution in [0.2, 0.25) is 5.02 Å². The maximum absolute atomic E-state index is 13.3. The summed E-state index contributed by atoms with van der Waals surface area (Å²) in [4.78, 5) is 24.2. The van der Waals surface area contributed by atoms with Crippen LogP contribution >= 0.6 is 22.9 Å². The van der Waals surface area contributed by atoms with Crippen LogP contribution in [0.15, 0.2) is 41.4 Å². The van der Waals surface area contributed by atoms with Crippen LogP contribution in [0.25, 0.3) is 26.9 Å². The third-order valence-corrected chi connectivity index (χ3v) is 9.00. The number of aliphatic imine (C=N–C) groups is 1. The predicted octanol–water partition coefficient (Wildman–Crippen LogP) is 7.18. The number of carboxylic acid groups (broad SMARTS) is 1. The smallest absolute Gasteiger partial charge is 0.451 e. The molecule has 45 heavy (non-hydrogen) atoms. The highest BCUT2D eigenvalue weighted by atomic mass is 35.5. The van der Waals surface area contributed by atoms with Gasteiger partial charge in [0.2, 0.25) is 5.82 Å². The van der Waals surface area contributed by atoms with Crippen molar-refractivity contribution in [3.8, 4) is 11.1 Å². The average Bonchev–Trinajstić information content (AvgIpc) is 3.59. The monoisotopic (exact) mass is 658 g/mol. The predicted molar refractivity (Wildman–Crippen MR) is 166 cm³/mol. The third-order valence-electron chi connectivity index (χ3n) is 7.58. The fourth-order valence-corrected chi connectivity index (χ4v) is 6.96. The summed E-state index contributed by atoms with van der Waals surface area (Å²) in [6.07, 6.45) is -3.24. The Morgan fingerprint density at radius 1 is 1.13 bits per heavy atom. The van der Waals surface area contributed by atoms with Gasteiger partial charge in [0.05, 0.1) is 22.4 Å². The quantitative estimate of drug-likeness (QED) is 0.242. The number of halogens is 4. The van der Waals surface area contributed by atoms with Crippen LogP contribution in [0.5, 0.6) is 0 Å². The number of amidine groups is 1. The van der Waals surface area contributed by atoms with Crippen LogP contribution in [-0.4, -0.2) is 60.3 Å². The van der Waals surface area contributed by atoms with Crippen molar-refractivity contribution >= 4 is 50.5 Å². The minimum absolute atomic E-state index is 0.0917. The van der Waals surface area contributed by atoms with Gasteiger partial charge in [-0.1, -0.05) is 23.7 Å². The molecule has 4 heterocycles.